The van der Waals surface area contributed by atoms with Crippen molar-refractivity contribution in [2.24, 2.45) is 0 Å². The Bertz CT molecular complexity index is 506. The molecule has 0 amide bonds. The second kappa shape index (κ2) is 5.87. The number of Topliss-reactive ketones (excluding diaryl/α,β-unsaturated/α-hetero) is 1. The van der Waals surface area contributed by atoms with Crippen molar-refractivity contribution >= 4 is 17.2 Å². The highest BCUT2D eigenvalue weighted by Crippen LogP contribution is 2.09. The summed E-state index contributed by atoms with van der Waals surface area (Å²) in [4.78, 5) is 11.9. The number of anilines is 2. The van der Waals surface area contributed by atoms with E-state index in [9.17, 15) is 4.79 Å². The molecule has 18 heavy (non-hydrogen) atoms. The van der Waals surface area contributed by atoms with Gasteiger partial charge in [0.25, 0.3) is 0 Å². The van der Waals surface area contributed by atoms with Crippen molar-refractivity contribution < 1.29 is 4.79 Å². The highest BCUT2D eigenvalue weighted by molar-refractivity contribution is 5.96. The molecule has 0 atom stereocenters. The van der Waals surface area contributed by atoms with Crippen LogP contribution in [0.1, 0.15) is 16.8 Å². The minimum Gasteiger partial charge on any atom is -0.399 e. The number of nitrogen functional groups attached to an aromatic ring is 1. The molecule has 0 unspecified atom stereocenters. The first-order valence-corrected chi connectivity index (χ1v) is 5.93. The molecule has 92 valence electrons. The van der Waals surface area contributed by atoms with E-state index in [2.05, 4.69) is 5.32 Å². The molecule has 0 aliphatic rings. The standard InChI is InChI=1S/C15H16N2O/c16-13-8-6-12(7-9-13)15(18)10-11-17-14-4-2-1-3-5-14/h1-9,17H,10-11,16H2. The third-order valence-electron chi connectivity index (χ3n) is 2.69. The minimum absolute atomic E-state index is 0.124. The third-order valence-corrected chi connectivity index (χ3v) is 2.69. The molecule has 0 heterocycles. The van der Waals surface area contributed by atoms with Crippen LogP contribution in [0.2, 0.25) is 0 Å². The first kappa shape index (κ1) is 12.2. The van der Waals surface area contributed by atoms with Gasteiger partial charge in [0.2, 0.25) is 0 Å². The summed E-state index contributed by atoms with van der Waals surface area (Å²) in [5.74, 6) is 0.124. The molecule has 0 saturated heterocycles. The number of nitrogens with one attached hydrogen (secondary N) is 1. The highest BCUT2D eigenvalue weighted by Gasteiger charge is 2.04. The van der Waals surface area contributed by atoms with Crippen LogP contribution >= 0.6 is 0 Å². The van der Waals surface area contributed by atoms with Crippen LogP contribution in [0.25, 0.3) is 0 Å². The summed E-state index contributed by atoms with van der Waals surface area (Å²) in [7, 11) is 0. The fourth-order valence-corrected chi connectivity index (χ4v) is 1.69. The third kappa shape index (κ3) is 3.35. The van der Waals surface area contributed by atoms with Gasteiger partial charge in [-0.2, -0.15) is 0 Å². The van der Waals surface area contributed by atoms with Gasteiger partial charge >= 0.3 is 0 Å². The molecule has 3 heteroatoms. The lowest BCUT2D eigenvalue weighted by molar-refractivity contribution is 0.0986. The van der Waals surface area contributed by atoms with Gasteiger partial charge < -0.3 is 11.1 Å². The molecule has 0 fully saturated rings. The summed E-state index contributed by atoms with van der Waals surface area (Å²) in [6.07, 6.45) is 0.471. The largest absolute Gasteiger partial charge is 0.399 e. The quantitative estimate of drug-likeness (QED) is 0.624. The van der Waals surface area contributed by atoms with Crippen LogP contribution < -0.4 is 11.1 Å². The summed E-state index contributed by atoms with van der Waals surface area (Å²) in [5, 5.41) is 3.21. The molecule has 0 spiro atoms. The Hall–Kier alpha value is -2.29. The number of para-hydroxylation sites is 1. The number of hydrogen-bond donors (Lipinski definition) is 2. The van der Waals surface area contributed by atoms with Crippen LogP contribution in [0.5, 0.6) is 0 Å². The van der Waals surface area contributed by atoms with Gasteiger partial charge in [0.1, 0.15) is 0 Å². The van der Waals surface area contributed by atoms with Crippen molar-refractivity contribution in [3.63, 3.8) is 0 Å². The number of benzene rings is 2. The SMILES string of the molecule is Nc1ccc(C(=O)CCNc2ccccc2)cc1. The molecule has 0 bridgehead atoms. The van der Waals surface area contributed by atoms with Gasteiger partial charge in [-0.05, 0) is 36.4 Å². The normalized spacial score (nSPS) is 10.0. The average molecular weight is 240 g/mol. The van der Waals surface area contributed by atoms with Crippen molar-refractivity contribution in [1.29, 1.82) is 0 Å². The van der Waals surface area contributed by atoms with Crippen LogP contribution in [0.15, 0.2) is 54.6 Å². The zero-order valence-electron chi connectivity index (χ0n) is 10.1. The molecule has 0 aliphatic carbocycles. The van der Waals surface area contributed by atoms with Gasteiger partial charge in [0, 0.05) is 29.9 Å². The lowest BCUT2D eigenvalue weighted by Gasteiger charge is -2.05. The van der Waals surface area contributed by atoms with E-state index in [0.29, 0.717) is 24.2 Å². The zero-order valence-corrected chi connectivity index (χ0v) is 10.1. The van der Waals surface area contributed by atoms with Crippen LogP contribution in [-0.4, -0.2) is 12.3 Å². The molecular formula is C15H16N2O. The summed E-state index contributed by atoms with van der Waals surface area (Å²) in [6.45, 7) is 0.632. The van der Waals surface area contributed by atoms with E-state index in [1.807, 2.05) is 30.3 Å². The number of carbonyl (C=O) groups is 1. The zero-order chi connectivity index (χ0) is 12.8. The monoisotopic (exact) mass is 240 g/mol. The van der Waals surface area contributed by atoms with Gasteiger partial charge in [-0.1, -0.05) is 18.2 Å². The maximum atomic E-state index is 11.9. The second-order valence-electron chi connectivity index (χ2n) is 4.09. The van der Waals surface area contributed by atoms with Crippen molar-refractivity contribution in [2.45, 2.75) is 6.42 Å². The lowest BCUT2D eigenvalue weighted by Crippen LogP contribution is -2.08. The van der Waals surface area contributed by atoms with E-state index < -0.39 is 0 Å². The maximum Gasteiger partial charge on any atom is 0.164 e. The summed E-state index contributed by atoms with van der Waals surface area (Å²) < 4.78 is 0. The molecule has 3 N–H and O–H groups in total. The first-order valence-electron chi connectivity index (χ1n) is 5.93. The van der Waals surface area contributed by atoms with E-state index in [4.69, 9.17) is 5.73 Å². The number of rotatable bonds is 5. The number of ketones is 1. The molecule has 2 aromatic rings. The van der Waals surface area contributed by atoms with Gasteiger partial charge in [0.05, 0.1) is 0 Å². The predicted molar refractivity (Wildman–Crippen MR) is 74.7 cm³/mol. The first-order chi connectivity index (χ1) is 8.75. The van der Waals surface area contributed by atoms with Gasteiger partial charge in [-0.3, -0.25) is 4.79 Å². The van der Waals surface area contributed by atoms with Crippen molar-refractivity contribution in [1.82, 2.24) is 0 Å². The summed E-state index contributed by atoms with van der Waals surface area (Å²) in [6, 6.07) is 16.9. The molecular weight excluding hydrogens is 224 g/mol. The van der Waals surface area contributed by atoms with Gasteiger partial charge in [0.15, 0.2) is 5.78 Å². The van der Waals surface area contributed by atoms with E-state index in [1.165, 1.54) is 0 Å². The average Bonchev–Trinajstić information content (AvgIpc) is 2.40. The Labute approximate surface area is 107 Å². The van der Waals surface area contributed by atoms with Crippen molar-refractivity contribution in [3.05, 3.63) is 60.2 Å². The Kier molecular flexibility index (Phi) is 3.97. The Morgan fingerprint density at radius 2 is 1.67 bits per heavy atom. The fraction of sp³-hybridized carbons (Fsp3) is 0.133. The second-order valence-corrected chi connectivity index (χ2v) is 4.09. The molecule has 0 radical (unpaired) electrons. The van der Waals surface area contributed by atoms with Crippen LogP contribution in [-0.2, 0) is 0 Å². The molecule has 2 rings (SSSR count). The van der Waals surface area contributed by atoms with E-state index in [1.54, 1.807) is 24.3 Å². The minimum atomic E-state index is 0.124. The van der Waals surface area contributed by atoms with Crippen molar-refractivity contribution in [3.8, 4) is 0 Å². The molecule has 0 aromatic heterocycles. The predicted octanol–water partition coefficient (Wildman–Crippen LogP) is 2.95. The van der Waals surface area contributed by atoms with E-state index in [-0.39, 0.29) is 5.78 Å². The molecule has 2 aromatic carbocycles. The maximum absolute atomic E-state index is 11.9. The number of hydrogen-bond acceptors (Lipinski definition) is 3. The summed E-state index contributed by atoms with van der Waals surface area (Å²) in [5.41, 5.74) is 7.99. The smallest absolute Gasteiger partial charge is 0.164 e. The highest BCUT2D eigenvalue weighted by atomic mass is 16.1. The Morgan fingerprint density at radius 1 is 1.00 bits per heavy atom. The topological polar surface area (TPSA) is 55.1 Å². The van der Waals surface area contributed by atoms with Crippen molar-refractivity contribution in [2.75, 3.05) is 17.6 Å². The Balaban J connectivity index is 1.84. The van der Waals surface area contributed by atoms with Gasteiger partial charge in [-0.25, -0.2) is 0 Å². The molecule has 3 nitrogen and oxygen atoms in total. The van der Waals surface area contributed by atoms with Crippen LogP contribution in [0.3, 0.4) is 0 Å². The van der Waals surface area contributed by atoms with Crippen LogP contribution in [0.4, 0.5) is 11.4 Å². The fourth-order valence-electron chi connectivity index (χ4n) is 1.69. The number of carbonyl (C=O) groups excluding carboxylic acids is 1. The summed E-state index contributed by atoms with van der Waals surface area (Å²) >= 11 is 0. The van der Waals surface area contributed by atoms with Crippen LogP contribution in [0, 0.1) is 0 Å². The van der Waals surface area contributed by atoms with E-state index >= 15 is 0 Å². The molecule has 0 saturated carbocycles. The van der Waals surface area contributed by atoms with E-state index in [0.717, 1.165) is 5.69 Å². The lowest BCUT2D eigenvalue weighted by atomic mass is 10.1. The van der Waals surface area contributed by atoms with Gasteiger partial charge in [-0.15, -0.1) is 0 Å². The molecule has 0 aliphatic heterocycles. The Morgan fingerprint density at radius 3 is 2.33 bits per heavy atom. The number of nitrogens with two attached hydrogens (primary N) is 1.